The van der Waals surface area contributed by atoms with Gasteiger partial charge in [-0.05, 0) is 6.92 Å². The molecule has 0 amide bonds. The Labute approximate surface area is 70.5 Å². The molecule has 0 saturated heterocycles. The van der Waals surface area contributed by atoms with Crippen LogP contribution >= 0.6 is 0 Å². The standard InChI is InChI=1S/C7H11N3O2/c1-4-5(11-2)6(12-3)10-7(8)9-4/h1-3H3,(H2,8,9,10). The fourth-order valence-electron chi connectivity index (χ4n) is 0.931. The summed E-state index contributed by atoms with van der Waals surface area (Å²) < 4.78 is 9.96. The van der Waals surface area contributed by atoms with E-state index in [1.165, 1.54) is 14.2 Å². The highest BCUT2D eigenvalue weighted by molar-refractivity contribution is 5.41. The molecule has 1 rings (SSSR count). The van der Waals surface area contributed by atoms with Crippen molar-refractivity contribution < 1.29 is 9.47 Å². The van der Waals surface area contributed by atoms with Crippen LogP contribution in [0, 0.1) is 6.92 Å². The first-order chi connectivity index (χ1) is 5.69. The summed E-state index contributed by atoms with van der Waals surface area (Å²) >= 11 is 0. The second kappa shape index (κ2) is 3.25. The first-order valence-corrected chi connectivity index (χ1v) is 3.41. The Kier molecular flexibility index (Phi) is 2.32. The van der Waals surface area contributed by atoms with Gasteiger partial charge in [0.1, 0.15) is 0 Å². The van der Waals surface area contributed by atoms with E-state index >= 15 is 0 Å². The summed E-state index contributed by atoms with van der Waals surface area (Å²) in [6, 6.07) is 0. The van der Waals surface area contributed by atoms with Crippen LogP contribution < -0.4 is 15.2 Å². The molecule has 0 saturated carbocycles. The number of nitrogens with zero attached hydrogens (tertiary/aromatic N) is 2. The van der Waals surface area contributed by atoms with Crippen molar-refractivity contribution in [1.82, 2.24) is 9.97 Å². The van der Waals surface area contributed by atoms with E-state index in [-0.39, 0.29) is 5.95 Å². The third kappa shape index (κ3) is 1.39. The molecule has 5 nitrogen and oxygen atoms in total. The van der Waals surface area contributed by atoms with E-state index in [1.54, 1.807) is 6.92 Å². The first-order valence-electron chi connectivity index (χ1n) is 3.41. The zero-order valence-electron chi connectivity index (χ0n) is 7.29. The van der Waals surface area contributed by atoms with Gasteiger partial charge >= 0.3 is 0 Å². The monoisotopic (exact) mass is 169 g/mol. The number of rotatable bonds is 2. The van der Waals surface area contributed by atoms with Crippen LogP contribution in [0.3, 0.4) is 0 Å². The fraction of sp³-hybridized carbons (Fsp3) is 0.429. The average Bonchev–Trinajstić information content (AvgIpc) is 2.03. The molecule has 1 aromatic heterocycles. The highest BCUT2D eigenvalue weighted by Gasteiger charge is 2.10. The average molecular weight is 169 g/mol. The number of aromatic nitrogens is 2. The smallest absolute Gasteiger partial charge is 0.262 e. The molecule has 0 bridgehead atoms. The van der Waals surface area contributed by atoms with Crippen molar-refractivity contribution in [2.75, 3.05) is 20.0 Å². The van der Waals surface area contributed by atoms with Gasteiger partial charge in [-0.3, -0.25) is 0 Å². The van der Waals surface area contributed by atoms with Crippen LogP contribution in [0.1, 0.15) is 5.69 Å². The number of nitrogens with two attached hydrogens (primary N) is 1. The molecule has 0 spiro atoms. The van der Waals surface area contributed by atoms with Crippen LogP contribution in [0.4, 0.5) is 5.95 Å². The molecule has 66 valence electrons. The SMILES string of the molecule is COc1nc(N)nc(C)c1OC. The van der Waals surface area contributed by atoms with Gasteiger partial charge in [0.05, 0.1) is 19.9 Å². The molecular weight excluding hydrogens is 158 g/mol. The zero-order chi connectivity index (χ0) is 9.14. The van der Waals surface area contributed by atoms with Crippen molar-refractivity contribution in [2.24, 2.45) is 0 Å². The van der Waals surface area contributed by atoms with Crippen LogP contribution in [0.15, 0.2) is 0 Å². The van der Waals surface area contributed by atoms with E-state index in [1.807, 2.05) is 0 Å². The highest BCUT2D eigenvalue weighted by Crippen LogP contribution is 2.27. The maximum Gasteiger partial charge on any atom is 0.262 e. The van der Waals surface area contributed by atoms with Crippen LogP contribution in [-0.4, -0.2) is 24.2 Å². The molecule has 0 fully saturated rings. The van der Waals surface area contributed by atoms with E-state index in [4.69, 9.17) is 15.2 Å². The van der Waals surface area contributed by atoms with E-state index in [9.17, 15) is 0 Å². The summed E-state index contributed by atoms with van der Waals surface area (Å²) in [5.74, 6) is 1.07. The Balaban J connectivity index is 3.24. The number of ether oxygens (including phenoxy) is 2. The summed E-state index contributed by atoms with van der Waals surface area (Å²) in [7, 11) is 3.04. The Bertz CT molecular complexity index is 288. The normalized spacial score (nSPS) is 9.58. The van der Waals surface area contributed by atoms with Crippen molar-refractivity contribution in [1.29, 1.82) is 0 Å². The van der Waals surface area contributed by atoms with Gasteiger partial charge in [-0.1, -0.05) is 0 Å². The summed E-state index contributed by atoms with van der Waals surface area (Å²) in [6.07, 6.45) is 0. The van der Waals surface area contributed by atoms with Gasteiger partial charge in [-0.25, -0.2) is 4.98 Å². The Morgan fingerprint density at radius 2 is 1.83 bits per heavy atom. The van der Waals surface area contributed by atoms with E-state index < -0.39 is 0 Å². The summed E-state index contributed by atoms with van der Waals surface area (Å²) in [5, 5.41) is 0. The molecule has 0 aromatic carbocycles. The van der Waals surface area contributed by atoms with Crippen LogP contribution in [0.25, 0.3) is 0 Å². The minimum atomic E-state index is 0.185. The molecule has 2 N–H and O–H groups in total. The Hall–Kier alpha value is -1.52. The van der Waals surface area contributed by atoms with Crippen molar-refractivity contribution in [3.63, 3.8) is 0 Å². The topological polar surface area (TPSA) is 70.3 Å². The van der Waals surface area contributed by atoms with Gasteiger partial charge < -0.3 is 15.2 Å². The molecule has 1 heterocycles. The van der Waals surface area contributed by atoms with Gasteiger partial charge in [0.2, 0.25) is 11.7 Å². The van der Waals surface area contributed by atoms with Crippen molar-refractivity contribution in [2.45, 2.75) is 6.92 Å². The zero-order valence-corrected chi connectivity index (χ0v) is 7.29. The van der Waals surface area contributed by atoms with Gasteiger partial charge in [0, 0.05) is 0 Å². The van der Waals surface area contributed by atoms with Gasteiger partial charge in [0.25, 0.3) is 5.88 Å². The molecule has 0 atom stereocenters. The predicted molar refractivity (Wildman–Crippen MR) is 44.3 cm³/mol. The maximum absolute atomic E-state index is 5.40. The Morgan fingerprint density at radius 3 is 2.33 bits per heavy atom. The number of hydrogen-bond donors (Lipinski definition) is 1. The summed E-state index contributed by atoms with van der Waals surface area (Å²) in [6.45, 7) is 1.78. The van der Waals surface area contributed by atoms with Crippen molar-refractivity contribution in [3.8, 4) is 11.6 Å². The molecule has 0 radical (unpaired) electrons. The van der Waals surface area contributed by atoms with E-state index in [2.05, 4.69) is 9.97 Å². The summed E-state index contributed by atoms with van der Waals surface area (Å²) in [4.78, 5) is 7.76. The summed E-state index contributed by atoms with van der Waals surface area (Å²) in [5.41, 5.74) is 6.07. The predicted octanol–water partition coefficient (Wildman–Crippen LogP) is 0.384. The minimum absolute atomic E-state index is 0.185. The molecule has 0 unspecified atom stereocenters. The minimum Gasteiger partial charge on any atom is -0.490 e. The number of nitrogen functional groups attached to an aromatic ring is 1. The molecule has 5 heteroatoms. The van der Waals surface area contributed by atoms with Crippen molar-refractivity contribution in [3.05, 3.63) is 5.69 Å². The highest BCUT2D eigenvalue weighted by atomic mass is 16.5. The fourth-order valence-corrected chi connectivity index (χ4v) is 0.931. The molecule has 1 aromatic rings. The molecule has 0 aliphatic heterocycles. The molecule has 0 aliphatic carbocycles. The molecule has 12 heavy (non-hydrogen) atoms. The third-order valence-corrected chi connectivity index (χ3v) is 1.42. The lowest BCUT2D eigenvalue weighted by atomic mass is 10.4. The van der Waals surface area contributed by atoms with E-state index in [0.29, 0.717) is 17.3 Å². The van der Waals surface area contributed by atoms with Gasteiger partial charge in [-0.15, -0.1) is 0 Å². The van der Waals surface area contributed by atoms with Crippen molar-refractivity contribution >= 4 is 5.95 Å². The molecular formula is C7H11N3O2. The number of anilines is 1. The number of aryl methyl sites for hydroxylation is 1. The second-order valence-corrected chi connectivity index (χ2v) is 2.21. The number of hydrogen-bond acceptors (Lipinski definition) is 5. The quantitative estimate of drug-likeness (QED) is 0.693. The lowest BCUT2D eigenvalue weighted by molar-refractivity contribution is 0.339. The molecule has 0 aliphatic rings. The third-order valence-electron chi connectivity index (χ3n) is 1.42. The van der Waals surface area contributed by atoms with Crippen LogP contribution in [0.5, 0.6) is 11.6 Å². The van der Waals surface area contributed by atoms with E-state index in [0.717, 1.165) is 0 Å². The second-order valence-electron chi connectivity index (χ2n) is 2.21. The lowest BCUT2D eigenvalue weighted by Crippen LogP contribution is -2.02. The number of methoxy groups -OCH3 is 2. The van der Waals surface area contributed by atoms with Crippen LogP contribution in [-0.2, 0) is 0 Å². The van der Waals surface area contributed by atoms with Crippen LogP contribution in [0.2, 0.25) is 0 Å². The first kappa shape index (κ1) is 8.58. The largest absolute Gasteiger partial charge is 0.490 e. The maximum atomic E-state index is 5.40. The van der Waals surface area contributed by atoms with Gasteiger partial charge in [0.15, 0.2) is 0 Å². The lowest BCUT2D eigenvalue weighted by Gasteiger charge is -2.08. The van der Waals surface area contributed by atoms with Gasteiger partial charge in [-0.2, -0.15) is 4.98 Å². The Morgan fingerprint density at radius 1 is 1.17 bits per heavy atom.